The van der Waals surface area contributed by atoms with Crippen LogP contribution in [0.2, 0.25) is 0 Å². The highest BCUT2D eigenvalue weighted by molar-refractivity contribution is 14.1. The van der Waals surface area contributed by atoms with Crippen LogP contribution < -0.4 is 0 Å². The maximum absolute atomic E-state index is 12.7. The molecule has 54 valence electrons. The predicted molar refractivity (Wildman–Crippen MR) is 64.6 cm³/mol. The second kappa shape index (κ2) is 3.83. The first-order valence-electron chi connectivity index (χ1n) is 2.42. The Balaban J connectivity index is 3.34. The van der Waals surface area contributed by atoms with Gasteiger partial charge >= 0.3 is 0 Å². The van der Waals surface area contributed by atoms with E-state index in [1.807, 2.05) is 22.6 Å². The van der Waals surface area contributed by atoms with E-state index in [4.69, 9.17) is 0 Å². The summed E-state index contributed by atoms with van der Waals surface area (Å²) in [5.41, 5.74) is 0. The number of hydrogen-bond acceptors (Lipinski definition) is 0. The van der Waals surface area contributed by atoms with Gasteiger partial charge in [-0.1, -0.05) is 0 Å². The van der Waals surface area contributed by atoms with Crippen LogP contribution in [0.5, 0.6) is 0 Å². The monoisotopic (exact) mass is 474 g/mol. The molecule has 0 N–H and O–H groups in total. The van der Waals surface area contributed by atoms with E-state index in [0.717, 1.165) is 7.14 Å². The van der Waals surface area contributed by atoms with Crippen molar-refractivity contribution < 1.29 is 4.39 Å². The van der Waals surface area contributed by atoms with Gasteiger partial charge in [0.1, 0.15) is 5.82 Å². The Morgan fingerprint density at radius 1 is 1.00 bits per heavy atom. The molecule has 1 rings (SSSR count). The van der Waals surface area contributed by atoms with E-state index in [2.05, 4.69) is 45.2 Å². The Morgan fingerprint density at radius 2 is 1.60 bits per heavy atom. The van der Waals surface area contributed by atoms with Gasteiger partial charge in [0, 0.05) is 7.14 Å². The molecule has 0 radical (unpaired) electrons. The van der Waals surface area contributed by atoms with Crippen LogP contribution in [0.1, 0.15) is 0 Å². The minimum absolute atomic E-state index is 0.134. The zero-order valence-corrected chi connectivity index (χ0v) is 11.1. The first-order chi connectivity index (χ1) is 4.63. The minimum atomic E-state index is -0.134. The maximum atomic E-state index is 12.7. The van der Waals surface area contributed by atoms with Crippen molar-refractivity contribution in [2.45, 2.75) is 0 Å². The van der Waals surface area contributed by atoms with Gasteiger partial charge in [0.2, 0.25) is 0 Å². The van der Waals surface area contributed by atoms with Gasteiger partial charge in [0.15, 0.2) is 0 Å². The van der Waals surface area contributed by atoms with Crippen molar-refractivity contribution >= 4 is 67.8 Å². The summed E-state index contributed by atoms with van der Waals surface area (Å²) in [5.74, 6) is -0.134. The molecule has 0 unspecified atom stereocenters. The van der Waals surface area contributed by atoms with E-state index in [-0.39, 0.29) is 5.82 Å². The molecule has 0 saturated carbocycles. The van der Waals surface area contributed by atoms with E-state index in [9.17, 15) is 4.39 Å². The third kappa shape index (κ3) is 1.93. The van der Waals surface area contributed by atoms with Crippen LogP contribution in [0.3, 0.4) is 0 Å². The van der Waals surface area contributed by atoms with Gasteiger partial charge in [-0.15, -0.1) is 0 Å². The number of halogens is 4. The Kier molecular flexibility index (Phi) is 3.61. The Labute approximate surface area is 99.4 Å². The van der Waals surface area contributed by atoms with Crippen molar-refractivity contribution in [2.24, 2.45) is 0 Å². The van der Waals surface area contributed by atoms with E-state index >= 15 is 0 Å². The van der Waals surface area contributed by atoms with E-state index in [1.165, 1.54) is 6.07 Å². The van der Waals surface area contributed by atoms with E-state index in [1.54, 1.807) is 6.07 Å². The molecule has 0 saturated heterocycles. The normalized spacial score (nSPS) is 10.0. The molecule has 0 bridgehead atoms. The van der Waals surface area contributed by atoms with Crippen molar-refractivity contribution in [2.75, 3.05) is 0 Å². The molecule has 0 amide bonds. The van der Waals surface area contributed by atoms with Gasteiger partial charge in [-0.2, -0.15) is 0 Å². The van der Waals surface area contributed by atoms with Crippen molar-refractivity contribution in [3.63, 3.8) is 0 Å². The largest absolute Gasteiger partial charge is 0.206 e. The summed E-state index contributed by atoms with van der Waals surface area (Å²) in [6, 6.07) is 3.27. The van der Waals surface area contributed by atoms with Crippen LogP contribution in [0, 0.1) is 16.5 Å². The van der Waals surface area contributed by atoms with Crippen LogP contribution >= 0.6 is 67.8 Å². The standard InChI is InChI=1S/C6H2FI3/c7-3-1-2-4(8)6(10)5(3)9/h1-2H. The van der Waals surface area contributed by atoms with Crippen molar-refractivity contribution in [3.05, 3.63) is 28.7 Å². The highest BCUT2D eigenvalue weighted by Gasteiger charge is 2.05. The summed E-state index contributed by atoms with van der Waals surface area (Å²) in [5, 5.41) is 0. The smallest absolute Gasteiger partial charge is 0.137 e. The molecule has 10 heavy (non-hydrogen) atoms. The lowest BCUT2D eigenvalue weighted by Crippen LogP contribution is -1.88. The fraction of sp³-hybridized carbons (Fsp3) is 0. The quantitative estimate of drug-likeness (QED) is 0.307. The third-order valence-corrected chi connectivity index (χ3v) is 6.13. The van der Waals surface area contributed by atoms with Gasteiger partial charge < -0.3 is 0 Å². The summed E-state index contributed by atoms with van der Waals surface area (Å²) >= 11 is 6.33. The summed E-state index contributed by atoms with van der Waals surface area (Å²) < 4.78 is 15.6. The molecule has 0 aliphatic carbocycles. The molecule has 4 heteroatoms. The van der Waals surface area contributed by atoms with Crippen LogP contribution in [-0.2, 0) is 0 Å². The molecule has 1 aromatic rings. The molecular formula is C6H2FI3. The second-order valence-electron chi connectivity index (χ2n) is 1.66. The lowest BCUT2D eigenvalue weighted by Gasteiger charge is -1.98. The molecule has 0 nitrogen and oxygen atoms in total. The molecule has 0 heterocycles. The average molecular weight is 474 g/mol. The molecule has 1 aromatic carbocycles. The first-order valence-corrected chi connectivity index (χ1v) is 5.65. The van der Waals surface area contributed by atoms with Gasteiger partial charge in [-0.05, 0) is 79.9 Å². The van der Waals surface area contributed by atoms with E-state index < -0.39 is 0 Å². The third-order valence-electron chi connectivity index (χ3n) is 0.988. The van der Waals surface area contributed by atoms with Crippen molar-refractivity contribution in [3.8, 4) is 0 Å². The van der Waals surface area contributed by atoms with Crippen LogP contribution in [-0.4, -0.2) is 0 Å². The summed E-state index contributed by atoms with van der Waals surface area (Å²) in [4.78, 5) is 0. The van der Waals surface area contributed by atoms with Crippen molar-refractivity contribution in [1.29, 1.82) is 0 Å². The lowest BCUT2D eigenvalue weighted by molar-refractivity contribution is 0.618. The number of rotatable bonds is 0. The predicted octanol–water partition coefficient (Wildman–Crippen LogP) is 3.64. The second-order valence-corrected chi connectivity index (χ2v) is 4.98. The molecule has 0 fully saturated rings. The van der Waals surface area contributed by atoms with Gasteiger partial charge in [0.05, 0.1) is 3.57 Å². The number of benzene rings is 1. The molecule has 0 atom stereocenters. The molecule has 0 aliphatic rings. The topological polar surface area (TPSA) is 0 Å². The first kappa shape index (κ1) is 9.43. The zero-order chi connectivity index (χ0) is 7.72. The van der Waals surface area contributed by atoms with Crippen LogP contribution in [0.4, 0.5) is 4.39 Å². The zero-order valence-electron chi connectivity index (χ0n) is 4.67. The Bertz CT molecular complexity index is 232. The summed E-state index contributed by atoms with van der Waals surface area (Å²) in [7, 11) is 0. The Hall–Kier alpha value is 1.34. The van der Waals surface area contributed by atoms with Crippen molar-refractivity contribution in [1.82, 2.24) is 0 Å². The molecular weight excluding hydrogens is 472 g/mol. The SMILES string of the molecule is Fc1ccc(I)c(I)c1I. The maximum Gasteiger partial charge on any atom is 0.137 e. The van der Waals surface area contributed by atoms with Crippen LogP contribution in [0.25, 0.3) is 0 Å². The molecule has 0 aliphatic heterocycles. The fourth-order valence-corrected chi connectivity index (χ4v) is 2.38. The van der Waals surface area contributed by atoms with E-state index in [0.29, 0.717) is 3.57 Å². The van der Waals surface area contributed by atoms with Gasteiger partial charge in [0.25, 0.3) is 0 Å². The fourth-order valence-electron chi connectivity index (χ4n) is 0.502. The highest BCUT2D eigenvalue weighted by Crippen LogP contribution is 2.23. The lowest BCUT2D eigenvalue weighted by atomic mass is 10.4. The van der Waals surface area contributed by atoms with Gasteiger partial charge in [-0.25, -0.2) is 4.39 Å². The van der Waals surface area contributed by atoms with Gasteiger partial charge in [-0.3, -0.25) is 0 Å². The number of hydrogen-bond donors (Lipinski definition) is 0. The molecule has 0 spiro atoms. The summed E-state index contributed by atoms with van der Waals surface area (Å²) in [6.45, 7) is 0. The minimum Gasteiger partial charge on any atom is -0.206 e. The summed E-state index contributed by atoms with van der Waals surface area (Å²) in [6.07, 6.45) is 0. The highest BCUT2D eigenvalue weighted by atomic mass is 127. The average Bonchev–Trinajstić information content (AvgIpc) is 1.93. The Morgan fingerprint density at radius 3 is 2.10 bits per heavy atom. The van der Waals surface area contributed by atoms with Crippen LogP contribution in [0.15, 0.2) is 12.1 Å². The molecule has 0 aromatic heterocycles.